The van der Waals surface area contributed by atoms with Crippen molar-refractivity contribution in [2.45, 2.75) is 25.7 Å². The van der Waals surface area contributed by atoms with Crippen LogP contribution >= 0.6 is 0 Å². The van der Waals surface area contributed by atoms with E-state index in [4.69, 9.17) is 5.73 Å². The molecule has 1 aromatic carbocycles. The summed E-state index contributed by atoms with van der Waals surface area (Å²) in [5.41, 5.74) is 6.51. The minimum atomic E-state index is -0.171. The maximum absolute atomic E-state index is 9.81. The van der Waals surface area contributed by atoms with Crippen LogP contribution in [-0.4, -0.2) is 16.8 Å². The molecule has 0 aromatic heterocycles. The molecule has 0 heterocycles. The van der Waals surface area contributed by atoms with E-state index in [9.17, 15) is 10.2 Å². The van der Waals surface area contributed by atoms with Gasteiger partial charge in [0.15, 0.2) is 0 Å². The second-order valence-corrected chi connectivity index (χ2v) is 5.05. The zero-order valence-electron chi connectivity index (χ0n) is 9.12. The molecular formula is C12H17NO2. The Hall–Kier alpha value is -1.22. The highest BCUT2D eigenvalue weighted by atomic mass is 16.3. The van der Waals surface area contributed by atoms with Gasteiger partial charge in [0.25, 0.3) is 0 Å². The molecule has 1 fully saturated rings. The minimum Gasteiger partial charge on any atom is -0.508 e. The van der Waals surface area contributed by atoms with Gasteiger partial charge in [-0.25, -0.2) is 0 Å². The van der Waals surface area contributed by atoms with Crippen LogP contribution < -0.4 is 5.73 Å². The van der Waals surface area contributed by atoms with E-state index in [-0.39, 0.29) is 22.3 Å². The number of phenols is 2. The lowest BCUT2D eigenvalue weighted by Crippen LogP contribution is -2.25. The van der Waals surface area contributed by atoms with Gasteiger partial charge in [-0.1, -0.05) is 13.8 Å². The molecule has 15 heavy (non-hydrogen) atoms. The topological polar surface area (TPSA) is 66.5 Å². The van der Waals surface area contributed by atoms with E-state index < -0.39 is 0 Å². The van der Waals surface area contributed by atoms with Gasteiger partial charge in [0.1, 0.15) is 11.5 Å². The third-order valence-electron chi connectivity index (χ3n) is 3.76. The van der Waals surface area contributed by atoms with Crippen molar-refractivity contribution in [3.8, 4) is 11.5 Å². The molecule has 4 N–H and O–H groups in total. The van der Waals surface area contributed by atoms with Crippen LogP contribution in [0, 0.1) is 5.41 Å². The highest BCUT2D eigenvalue weighted by Gasteiger charge is 2.62. The molecule has 0 aliphatic heterocycles. The van der Waals surface area contributed by atoms with Crippen LogP contribution in [0.4, 0.5) is 0 Å². The standard InChI is InChI=1S/C12H17NO2/c1-11(2)6-12(11,7-13)9-5-8(14)3-4-10(9)15/h3-5,14-15H,6-7,13H2,1-2H3. The fourth-order valence-electron chi connectivity index (χ4n) is 2.54. The van der Waals surface area contributed by atoms with Crippen molar-refractivity contribution < 1.29 is 10.2 Å². The molecule has 1 aromatic rings. The molecule has 1 atom stereocenters. The highest BCUT2D eigenvalue weighted by Crippen LogP contribution is 2.65. The number of phenolic OH excluding ortho intramolecular Hbond substituents is 2. The summed E-state index contributed by atoms with van der Waals surface area (Å²) in [5, 5.41) is 19.2. The number of hydrogen-bond donors (Lipinski definition) is 3. The molecule has 0 saturated heterocycles. The number of nitrogens with two attached hydrogens (primary N) is 1. The number of rotatable bonds is 2. The van der Waals surface area contributed by atoms with Crippen LogP contribution in [0.5, 0.6) is 11.5 Å². The molecule has 1 aliphatic carbocycles. The third-order valence-corrected chi connectivity index (χ3v) is 3.76. The lowest BCUT2D eigenvalue weighted by molar-refractivity contribution is 0.428. The van der Waals surface area contributed by atoms with E-state index >= 15 is 0 Å². The van der Waals surface area contributed by atoms with Crippen molar-refractivity contribution in [3.63, 3.8) is 0 Å². The molecule has 82 valence electrons. The predicted molar refractivity (Wildman–Crippen MR) is 58.9 cm³/mol. The van der Waals surface area contributed by atoms with Gasteiger partial charge in [0.2, 0.25) is 0 Å². The van der Waals surface area contributed by atoms with Gasteiger partial charge in [-0.15, -0.1) is 0 Å². The largest absolute Gasteiger partial charge is 0.508 e. The SMILES string of the molecule is CC1(C)CC1(CN)c1cc(O)ccc1O. The Kier molecular flexibility index (Phi) is 1.98. The van der Waals surface area contributed by atoms with Gasteiger partial charge >= 0.3 is 0 Å². The summed E-state index contributed by atoms with van der Waals surface area (Å²) in [6.45, 7) is 4.75. The van der Waals surface area contributed by atoms with Crippen LogP contribution in [0.15, 0.2) is 18.2 Å². The molecule has 1 saturated carbocycles. The van der Waals surface area contributed by atoms with Crippen molar-refractivity contribution in [2.24, 2.45) is 11.1 Å². The number of aromatic hydroxyl groups is 2. The average Bonchev–Trinajstić information content (AvgIpc) is 2.74. The van der Waals surface area contributed by atoms with E-state index in [1.165, 1.54) is 12.1 Å². The van der Waals surface area contributed by atoms with Crippen molar-refractivity contribution in [3.05, 3.63) is 23.8 Å². The van der Waals surface area contributed by atoms with E-state index in [2.05, 4.69) is 13.8 Å². The number of benzene rings is 1. The Balaban J connectivity index is 2.50. The molecule has 0 amide bonds. The lowest BCUT2D eigenvalue weighted by Gasteiger charge is -2.20. The van der Waals surface area contributed by atoms with Crippen molar-refractivity contribution in [2.75, 3.05) is 6.54 Å². The molecule has 0 radical (unpaired) electrons. The van der Waals surface area contributed by atoms with Crippen LogP contribution in [-0.2, 0) is 5.41 Å². The Bertz CT molecular complexity index is 401. The summed E-state index contributed by atoms with van der Waals surface area (Å²) in [6, 6.07) is 4.63. The summed E-state index contributed by atoms with van der Waals surface area (Å²) in [5.74, 6) is 0.405. The Labute approximate surface area is 89.5 Å². The summed E-state index contributed by atoms with van der Waals surface area (Å²) in [6.07, 6.45) is 0.952. The van der Waals surface area contributed by atoms with Crippen LogP contribution in [0.2, 0.25) is 0 Å². The molecule has 0 bridgehead atoms. The zero-order valence-corrected chi connectivity index (χ0v) is 9.12. The minimum absolute atomic E-state index is 0.104. The zero-order chi connectivity index (χ0) is 11.3. The first-order valence-electron chi connectivity index (χ1n) is 5.15. The van der Waals surface area contributed by atoms with Crippen LogP contribution in [0.1, 0.15) is 25.8 Å². The second kappa shape index (κ2) is 2.89. The Morgan fingerprint density at radius 2 is 1.93 bits per heavy atom. The Morgan fingerprint density at radius 1 is 1.33 bits per heavy atom. The van der Waals surface area contributed by atoms with E-state index in [0.29, 0.717) is 6.54 Å². The van der Waals surface area contributed by atoms with Gasteiger partial charge < -0.3 is 15.9 Å². The van der Waals surface area contributed by atoms with Crippen molar-refractivity contribution >= 4 is 0 Å². The maximum atomic E-state index is 9.81. The molecule has 1 aliphatic rings. The lowest BCUT2D eigenvalue weighted by atomic mass is 9.87. The van der Waals surface area contributed by atoms with E-state index in [1.54, 1.807) is 6.07 Å². The quantitative estimate of drug-likeness (QED) is 0.647. The van der Waals surface area contributed by atoms with Gasteiger partial charge in [-0.3, -0.25) is 0 Å². The molecule has 3 heteroatoms. The van der Waals surface area contributed by atoms with Gasteiger partial charge in [-0.2, -0.15) is 0 Å². The normalized spacial score (nSPS) is 27.7. The molecule has 0 spiro atoms. The molecule has 3 nitrogen and oxygen atoms in total. The van der Waals surface area contributed by atoms with Gasteiger partial charge in [0.05, 0.1) is 0 Å². The fourth-order valence-corrected chi connectivity index (χ4v) is 2.54. The molecule has 1 unspecified atom stereocenters. The smallest absolute Gasteiger partial charge is 0.119 e. The van der Waals surface area contributed by atoms with Gasteiger partial charge in [-0.05, 0) is 30.0 Å². The van der Waals surface area contributed by atoms with E-state index in [1.807, 2.05) is 0 Å². The maximum Gasteiger partial charge on any atom is 0.119 e. The Morgan fingerprint density at radius 3 is 2.40 bits per heavy atom. The summed E-state index contributed by atoms with van der Waals surface area (Å²) < 4.78 is 0. The predicted octanol–water partition coefficient (Wildman–Crippen LogP) is 1.72. The average molecular weight is 207 g/mol. The summed E-state index contributed by atoms with van der Waals surface area (Å²) in [7, 11) is 0. The van der Waals surface area contributed by atoms with E-state index in [0.717, 1.165) is 12.0 Å². The first-order valence-corrected chi connectivity index (χ1v) is 5.15. The first-order chi connectivity index (χ1) is 6.93. The molecule has 2 rings (SSSR count). The monoisotopic (exact) mass is 207 g/mol. The molecular weight excluding hydrogens is 190 g/mol. The van der Waals surface area contributed by atoms with Crippen molar-refractivity contribution in [1.82, 2.24) is 0 Å². The third kappa shape index (κ3) is 1.30. The van der Waals surface area contributed by atoms with Crippen LogP contribution in [0.25, 0.3) is 0 Å². The fraction of sp³-hybridized carbons (Fsp3) is 0.500. The number of hydrogen-bond acceptors (Lipinski definition) is 3. The summed E-state index contributed by atoms with van der Waals surface area (Å²) >= 11 is 0. The van der Waals surface area contributed by atoms with Crippen LogP contribution in [0.3, 0.4) is 0 Å². The first kappa shape index (κ1) is 10.3. The van der Waals surface area contributed by atoms with Crippen molar-refractivity contribution in [1.29, 1.82) is 0 Å². The summed E-state index contributed by atoms with van der Waals surface area (Å²) in [4.78, 5) is 0. The van der Waals surface area contributed by atoms with Gasteiger partial charge in [0, 0.05) is 17.5 Å². The second-order valence-electron chi connectivity index (χ2n) is 5.05. The highest BCUT2D eigenvalue weighted by molar-refractivity contribution is 5.49.